The van der Waals surface area contributed by atoms with Gasteiger partial charge in [-0.1, -0.05) is 18.2 Å². The average molecular weight is 271 g/mol. The molecular formula is C15H11F2N3. The van der Waals surface area contributed by atoms with Gasteiger partial charge in [-0.3, -0.25) is 0 Å². The van der Waals surface area contributed by atoms with Crippen molar-refractivity contribution in [2.45, 2.75) is 0 Å². The molecule has 0 aliphatic carbocycles. The number of nitrogens with two attached hydrogens (primary N) is 1. The van der Waals surface area contributed by atoms with Crippen LogP contribution in [-0.2, 0) is 0 Å². The summed E-state index contributed by atoms with van der Waals surface area (Å²) in [6.07, 6.45) is 0. The molecule has 0 radical (unpaired) electrons. The van der Waals surface area contributed by atoms with Crippen LogP contribution in [0.4, 0.5) is 14.6 Å². The number of para-hydroxylation sites is 1. The molecule has 0 amide bonds. The molecule has 1 heterocycles. The molecule has 0 aliphatic rings. The molecule has 0 unspecified atom stereocenters. The number of nitrogen functional groups attached to an aromatic ring is 1. The van der Waals surface area contributed by atoms with Crippen molar-refractivity contribution < 1.29 is 8.78 Å². The normalized spacial score (nSPS) is 10.7. The lowest BCUT2D eigenvalue weighted by molar-refractivity contribution is 0.509. The van der Waals surface area contributed by atoms with Crippen molar-refractivity contribution in [2.75, 3.05) is 5.73 Å². The fraction of sp³-hybridized carbons (Fsp3) is 0. The van der Waals surface area contributed by atoms with Crippen LogP contribution in [0.5, 0.6) is 0 Å². The topological polar surface area (TPSA) is 43.8 Å². The Labute approximate surface area is 114 Å². The maximum absolute atomic E-state index is 13.3. The number of rotatable bonds is 2. The van der Waals surface area contributed by atoms with Crippen LogP contribution in [0.3, 0.4) is 0 Å². The number of halogens is 2. The van der Waals surface area contributed by atoms with Crippen molar-refractivity contribution in [3.63, 3.8) is 0 Å². The van der Waals surface area contributed by atoms with E-state index >= 15 is 0 Å². The van der Waals surface area contributed by atoms with Gasteiger partial charge in [0.15, 0.2) is 11.6 Å². The lowest BCUT2D eigenvalue weighted by Gasteiger charge is -2.02. The Bertz CT molecular complexity index is 751. The van der Waals surface area contributed by atoms with Crippen LogP contribution in [0.15, 0.2) is 54.6 Å². The molecule has 2 N–H and O–H groups in total. The van der Waals surface area contributed by atoms with Crippen LogP contribution in [0.1, 0.15) is 0 Å². The van der Waals surface area contributed by atoms with Gasteiger partial charge in [-0.2, -0.15) is 5.10 Å². The zero-order valence-electron chi connectivity index (χ0n) is 10.4. The van der Waals surface area contributed by atoms with Gasteiger partial charge < -0.3 is 5.73 Å². The summed E-state index contributed by atoms with van der Waals surface area (Å²) in [6, 6.07) is 14.6. The molecule has 3 aromatic rings. The maximum Gasteiger partial charge on any atom is 0.159 e. The van der Waals surface area contributed by atoms with Gasteiger partial charge >= 0.3 is 0 Å². The van der Waals surface area contributed by atoms with Gasteiger partial charge in [0.2, 0.25) is 0 Å². The Morgan fingerprint density at radius 2 is 1.65 bits per heavy atom. The second-order valence-corrected chi connectivity index (χ2v) is 4.33. The summed E-state index contributed by atoms with van der Waals surface area (Å²) in [5.41, 5.74) is 7.68. The van der Waals surface area contributed by atoms with E-state index in [-0.39, 0.29) is 0 Å². The Morgan fingerprint density at radius 1 is 0.900 bits per heavy atom. The van der Waals surface area contributed by atoms with E-state index in [1.165, 1.54) is 6.07 Å². The number of anilines is 1. The summed E-state index contributed by atoms with van der Waals surface area (Å²) in [5, 5.41) is 4.32. The Kier molecular flexibility index (Phi) is 2.95. The Balaban J connectivity index is 2.06. The first-order valence-corrected chi connectivity index (χ1v) is 6.01. The predicted molar refractivity (Wildman–Crippen MR) is 73.3 cm³/mol. The van der Waals surface area contributed by atoms with Crippen LogP contribution in [0.25, 0.3) is 16.9 Å². The number of benzene rings is 2. The molecule has 0 saturated carbocycles. The van der Waals surface area contributed by atoms with E-state index in [1.807, 2.05) is 30.3 Å². The summed E-state index contributed by atoms with van der Waals surface area (Å²) >= 11 is 0. The predicted octanol–water partition coefficient (Wildman–Crippen LogP) is 3.40. The molecule has 0 spiro atoms. The van der Waals surface area contributed by atoms with E-state index in [1.54, 1.807) is 10.7 Å². The van der Waals surface area contributed by atoms with Gasteiger partial charge in [-0.15, -0.1) is 0 Å². The van der Waals surface area contributed by atoms with Gasteiger partial charge in [0.05, 0.1) is 11.4 Å². The van der Waals surface area contributed by atoms with Crippen LogP contribution < -0.4 is 5.73 Å². The highest BCUT2D eigenvalue weighted by atomic mass is 19.2. The molecule has 5 heteroatoms. The first-order chi connectivity index (χ1) is 9.65. The number of hydrogen-bond donors (Lipinski definition) is 1. The lowest BCUT2D eigenvalue weighted by Crippen LogP contribution is -2.01. The minimum atomic E-state index is -0.907. The quantitative estimate of drug-likeness (QED) is 0.776. The van der Waals surface area contributed by atoms with Crippen molar-refractivity contribution in [2.24, 2.45) is 0 Å². The van der Waals surface area contributed by atoms with Gasteiger partial charge in [-0.05, 0) is 30.3 Å². The third kappa shape index (κ3) is 2.14. The van der Waals surface area contributed by atoms with Crippen molar-refractivity contribution in [1.29, 1.82) is 0 Å². The molecule has 0 bridgehead atoms. The van der Waals surface area contributed by atoms with Crippen molar-refractivity contribution >= 4 is 5.82 Å². The zero-order valence-corrected chi connectivity index (χ0v) is 10.4. The SMILES string of the molecule is Nc1cc(-c2ccc(F)c(F)c2)nn1-c1ccccc1. The van der Waals surface area contributed by atoms with E-state index in [9.17, 15) is 8.78 Å². The third-order valence-corrected chi connectivity index (χ3v) is 2.95. The highest BCUT2D eigenvalue weighted by molar-refractivity contribution is 5.63. The van der Waals surface area contributed by atoms with Gasteiger partial charge in [0.25, 0.3) is 0 Å². The summed E-state index contributed by atoms with van der Waals surface area (Å²) in [5.74, 6) is -1.37. The molecule has 3 nitrogen and oxygen atoms in total. The molecule has 0 saturated heterocycles. The highest BCUT2D eigenvalue weighted by Gasteiger charge is 2.10. The monoisotopic (exact) mass is 271 g/mol. The molecule has 20 heavy (non-hydrogen) atoms. The minimum Gasteiger partial charge on any atom is -0.384 e. The Hall–Kier alpha value is -2.69. The van der Waals surface area contributed by atoms with Crippen molar-refractivity contribution in [3.05, 3.63) is 66.2 Å². The van der Waals surface area contributed by atoms with E-state index in [0.29, 0.717) is 17.1 Å². The maximum atomic E-state index is 13.3. The minimum absolute atomic E-state index is 0.427. The van der Waals surface area contributed by atoms with E-state index in [2.05, 4.69) is 5.10 Å². The highest BCUT2D eigenvalue weighted by Crippen LogP contribution is 2.24. The molecule has 100 valence electrons. The van der Waals surface area contributed by atoms with Crippen LogP contribution in [0.2, 0.25) is 0 Å². The largest absolute Gasteiger partial charge is 0.384 e. The first-order valence-electron chi connectivity index (χ1n) is 6.01. The molecular weight excluding hydrogens is 260 g/mol. The van der Waals surface area contributed by atoms with Crippen molar-refractivity contribution in [3.8, 4) is 16.9 Å². The molecule has 0 fully saturated rings. The Morgan fingerprint density at radius 3 is 2.35 bits per heavy atom. The fourth-order valence-electron chi connectivity index (χ4n) is 1.97. The van der Waals surface area contributed by atoms with Gasteiger partial charge in [0, 0.05) is 11.6 Å². The van der Waals surface area contributed by atoms with Gasteiger partial charge in [0.1, 0.15) is 5.82 Å². The smallest absolute Gasteiger partial charge is 0.159 e. The second-order valence-electron chi connectivity index (χ2n) is 4.33. The van der Waals surface area contributed by atoms with Crippen LogP contribution >= 0.6 is 0 Å². The zero-order chi connectivity index (χ0) is 14.1. The van der Waals surface area contributed by atoms with E-state index in [4.69, 9.17) is 5.73 Å². The van der Waals surface area contributed by atoms with Gasteiger partial charge in [-0.25, -0.2) is 13.5 Å². The third-order valence-electron chi connectivity index (χ3n) is 2.95. The first kappa shape index (κ1) is 12.3. The summed E-state index contributed by atoms with van der Waals surface area (Å²) in [7, 11) is 0. The summed E-state index contributed by atoms with van der Waals surface area (Å²) in [6.45, 7) is 0. The van der Waals surface area contributed by atoms with E-state index in [0.717, 1.165) is 17.8 Å². The van der Waals surface area contributed by atoms with Crippen LogP contribution in [-0.4, -0.2) is 9.78 Å². The number of aromatic nitrogens is 2. The summed E-state index contributed by atoms with van der Waals surface area (Å²) < 4.78 is 27.7. The fourth-order valence-corrected chi connectivity index (χ4v) is 1.97. The number of hydrogen-bond acceptors (Lipinski definition) is 2. The van der Waals surface area contributed by atoms with Crippen molar-refractivity contribution in [1.82, 2.24) is 9.78 Å². The molecule has 0 atom stereocenters. The molecule has 3 rings (SSSR count). The molecule has 1 aromatic heterocycles. The number of nitrogens with zero attached hydrogens (tertiary/aromatic N) is 2. The molecule has 2 aromatic carbocycles. The second kappa shape index (κ2) is 4.77. The van der Waals surface area contributed by atoms with Crippen LogP contribution in [0, 0.1) is 11.6 Å². The lowest BCUT2D eigenvalue weighted by atomic mass is 10.1. The summed E-state index contributed by atoms with van der Waals surface area (Å²) in [4.78, 5) is 0. The standard InChI is InChI=1S/C15H11F2N3/c16-12-7-6-10(8-13(12)17)14-9-15(18)20(19-14)11-4-2-1-3-5-11/h1-9H,18H2. The molecule has 0 aliphatic heterocycles. The average Bonchev–Trinajstić information content (AvgIpc) is 2.85. The van der Waals surface area contributed by atoms with E-state index < -0.39 is 11.6 Å².